The van der Waals surface area contributed by atoms with Crippen molar-refractivity contribution in [3.63, 3.8) is 0 Å². The molecule has 1 amide bonds. The zero-order chi connectivity index (χ0) is 13.1. The molecular weight excluding hydrogens is 238 g/mol. The quantitative estimate of drug-likeness (QED) is 0.770. The number of hydrogen-bond acceptors (Lipinski definition) is 2. The molecule has 2 aromatic rings. The molecule has 96 valence electrons. The molecule has 1 aliphatic rings. The van der Waals surface area contributed by atoms with Gasteiger partial charge in [0.15, 0.2) is 0 Å². The molecule has 3 nitrogen and oxygen atoms in total. The summed E-state index contributed by atoms with van der Waals surface area (Å²) < 4.78 is 5.18. The average molecular weight is 253 g/mol. The summed E-state index contributed by atoms with van der Waals surface area (Å²) in [7, 11) is 0. The monoisotopic (exact) mass is 253 g/mol. The van der Waals surface area contributed by atoms with Gasteiger partial charge in [0.1, 0.15) is 5.76 Å². The van der Waals surface area contributed by atoms with Gasteiger partial charge >= 0.3 is 0 Å². The first-order chi connectivity index (χ1) is 9.34. The minimum Gasteiger partial charge on any atom is -0.465 e. The molecule has 0 aliphatic carbocycles. The van der Waals surface area contributed by atoms with Crippen molar-refractivity contribution in [3.8, 4) is 0 Å². The predicted octanol–water partition coefficient (Wildman–Crippen LogP) is 3.27. The molecule has 0 bridgehead atoms. The Morgan fingerprint density at radius 1 is 1.21 bits per heavy atom. The standard InChI is InChI=1S/C16H15NO2/c18-16(10-9-14-7-4-12-19-14)17-11-3-6-13-5-1-2-8-15(13)17/h1-2,4-5,7-10,12H,3,6,11H2. The Bertz CT molecular complexity index is 599. The van der Waals surface area contributed by atoms with Crippen molar-refractivity contribution in [3.05, 3.63) is 60.1 Å². The molecule has 0 saturated carbocycles. The number of aryl methyl sites for hydroxylation is 1. The number of carbonyl (C=O) groups excluding carboxylic acids is 1. The molecule has 2 heterocycles. The Morgan fingerprint density at radius 3 is 2.95 bits per heavy atom. The molecule has 1 aromatic heterocycles. The van der Waals surface area contributed by atoms with Crippen molar-refractivity contribution in [1.82, 2.24) is 0 Å². The van der Waals surface area contributed by atoms with E-state index in [2.05, 4.69) is 6.07 Å². The highest BCUT2D eigenvalue weighted by molar-refractivity contribution is 6.04. The van der Waals surface area contributed by atoms with Crippen molar-refractivity contribution < 1.29 is 9.21 Å². The van der Waals surface area contributed by atoms with Gasteiger partial charge < -0.3 is 9.32 Å². The molecular formula is C16H15NO2. The number of carbonyl (C=O) groups is 1. The number of rotatable bonds is 2. The molecule has 0 unspecified atom stereocenters. The van der Waals surface area contributed by atoms with Crippen LogP contribution in [0.3, 0.4) is 0 Å². The third-order valence-electron chi connectivity index (χ3n) is 3.31. The molecule has 0 radical (unpaired) electrons. The molecule has 19 heavy (non-hydrogen) atoms. The van der Waals surface area contributed by atoms with Gasteiger partial charge in [-0.25, -0.2) is 0 Å². The molecule has 3 rings (SSSR count). The van der Waals surface area contributed by atoms with E-state index in [1.807, 2.05) is 29.2 Å². The van der Waals surface area contributed by atoms with Gasteiger partial charge in [0.2, 0.25) is 0 Å². The van der Waals surface area contributed by atoms with E-state index in [0.717, 1.165) is 25.1 Å². The zero-order valence-corrected chi connectivity index (χ0v) is 10.6. The Balaban J connectivity index is 1.81. The second kappa shape index (κ2) is 5.14. The summed E-state index contributed by atoms with van der Waals surface area (Å²) in [5.74, 6) is 0.696. The number of amides is 1. The first-order valence-corrected chi connectivity index (χ1v) is 6.45. The molecule has 0 fully saturated rings. The second-order valence-corrected chi connectivity index (χ2v) is 4.57. The maximum absolute atomic E-state index is 12.3. The van der Waals surface area contributed by atoms with E-state index in [-0.39, 0.29) is 5.91 Å². The van der Waals surface area contributed by atoms with Crippen LogP contribution < -0.4 is 4.90 Å². The maximum Gasteiger partial charge on any atom is 0.251 e. The summed E-state index contributed by atoms with van der Waals surface area (Å²) >= 11 is 0. The van der Waals surface area contributed by atoms with Crippen LogP contribution in [0.5, 0.6) is 0 Å². The number of nitrogens with zero attached hydrogens (tertiary/aromatic N) is 1. The number of benzene rings is 1. The van der Waals surface area contributed by atoms with Crippen molar-refractivity contribution in [2.75, 3.05) is 11.4 Å². The van der Waals surface area contributed by atoms with Crippen LogP contribution in [0, 0.1) is 0 Å². The largest absolute Gasteiger partial charge is 0.465 e. The maximum atomic E-state index is 12.3. The highest BCUT2D eigenvalue weighted by Crippen LogP contribution is 2.26. The molecule has 0 saturated heterocycles. The smallest absolute Gasteiger partial charge is 0.251 e. The SMILES string of the molecule is O=C(C=Cc1ccco1)N1CCCc2ccccc21. The lowest BCUT2D eigenvalue weighted by molar-refractivity contribution is -0.114. The lowest BCUT2D eigenvalue weighted by Crippen LogP contribution is -2.34. The van der Waals surface area contributed by atoms with Gasteiger partial charge in [0.25, 0.3) is 5.91 Å². The summed E-state index contributed by atoms with van der Waals surface area (Å²) in [5, 5.41) is 0. The fourth-order valence-corrected chi connectivity index (χ4v) is 2.39. The van der Waals surface area contributed by atoms with Crippen molar-refractivity contribution >= 4 is 17.7 Å². The number of fused-ring (bicyclic) bond motifs is 1. The Kier molecular flexibility index (Phi) is 3.19. The van der Waals surface area contributed by atoms with Gasteiger partial charge in [-0.15, -0.1) is 0 Å². The van der Waals surface area contributed by atoms with Crippen LogP contribution in [-0.4, -0.2) is 12.5 Å². The molecule has 1 aliphatic heterocycles. The predicted molar refractivity (Wildman–Crippen MR) is 74.9 cm³/mol. The zero-order valence-electron chi connectivity index (χ0n) is 10.6. The van der Waals surface area contributed by atoms with Gasteiger partial charge in [0, 0.05) is 18.3 Å². The van der Waals surface area contributed by atoms with Gasteiger partial charge in [-0.05, 0) is 42.7 Å². The topological polar surface area (TPSA) is 33.5 Å². The van der Waals surface area contributed by atoms with E-state index < -0.39 is 0 Å². The number of furan rings is 1. The highest BCUT2D eigenvalue weighted by atomic mass is 16.3. The summed E-state index contributed by atoms with van der Waals surface area (Å²) in [4.78, 5) is 14.1. The van der Waals surface area contributed by atoms with E-state index in [1.165, 1.54) is 5.56 Å². The minimum absolute atomic E-state index is 0.00329. The van der Waals surface area contributed by atoms with Crippen molar-refractivity contribution in [2.24, 2.45) is 0 Å². The van der Waals surface area contributed by atoms with Crippen LogP contribution in [0.2, 0.25) is 0 Å². The van der Waals surface area contributed by atoms with E-state index in [1.54, 1.807) is 24.5 Å². The van der Waals surface area contributed by atoms with Gasteiger partial charge in [-0.3, -0.25) is 4.79 Å². The normalized spacial score (nSPS) is 14.6. The fraction of sp³-hybridized carbons (Fsp3) is 0.188. The van der Waals surface area contributed by atoms with Crippen LogP contribution in [0.15, 0.2) is 53.2 Å². The van der Waals surface area contributed by atoms with Gasteiger partial charge in [-0.2, -0.15) is 0 Å². The fourth-order valence-electron chi connectivity index (χ4n) is 2.39. The lowest BCUT2D eigenvalue weighted by Gasteiger charge is -2.28. The van der Waals surface area contributed by atoms with E-state index in [0.29, 0.717) is 5.76 Å². The first kappa shape index (κ1) is 11.8. The second-order valence-electron chi connectivity index (χ2n) is 4.57. The molecule has 0 atom stereocenters. The number of para-hydroxylation sites is 1. The molecule has 1 aromatic carbocycles. The Morgan fingerprint density at radius 2 is 2.11 bits per heavy atom. The third-order valence-corrected chi connectivity index (χ3v) is 3.31. The summed E-state index contributed by atoms with van der Waals surface area (Å²) in [6.45, 7) is 0.776. The molecule has 3 heteroatoms. The van der Waals surface area contributed by atoms with Crippen LogP contribution in [0.1, 0.15) is 17.7 Å². The lowest BCUT2D eigenvalue weighted by atomic mass is 10.0. The number of anilines is 1. The summed E-state index contributed by atoms with van der Waals surface area (Å²) in [5.41, 5.74) is 2.27. The summed E-state index contributed by atoms with van der Waals surface area (Å²) in [6, 6.07) is 11.7. The highest BCUT2D eigenvalue weighted by Gasteiger charge is 2.20. The van der Waals surface area contributed by atoms with E-state index in [9.17, 15) is 4.79 Å². The molecule has 0 N–H and O–H groups in total. The van der Waals surface area contributed by atoms with Crippen LogP contribution >= 0.6 is 0 Å². The van der Waals surface area contributed by atoms with Crippen LogP contribution in [0.25, 0.3) is 6.08 Å². The van der Waals surface area contributed by atoms with Crippen LogP contribution in [-0.2, 0) is 11.2 Å². The van der Waals surface area contributed by atoms with Gasteiger partial charge in [0.05, 0.1) is 6.26 Å². The average Bonchev–Trinajstić information content (AvgIpc) is 2.97. The third kappa shape index (κ3) is 2.45. The van der Waals surface area contributed by atoms with E-state index in [4.69, 9.17) is 4.42 Å². The minimum atomic E-state index is 0.00329. The van der Waals surface area contributed by atoms with E-state index >= 15 is 0 Å². The van der Waals surface area contributed by atoms with Crippen molar-refractivity contribution in [2.45, 2.75) is 12.8 Å². The summed E-state index contributed by atoms with van der Waals surface area (Å²) in [6.07, 6.45) is 6.93. The van der Waals surface area contributed by atoms with Crippen LogP contribution in [0.4, 0.5) is 5.69 Å². The Hall–Kier alpha value is -2.29. The first-order valence-electron chi connectivity index (χ1n) is 6.45. The van der Waals surface area contributed by atoms with Crippen molar-refractivity contribution in [1.29, 1.82) is 0 Å². The van der Waals surface area contributed by atoms with Gasteiger partial charge in [-0.1, -0.05) is 18.2 Å². The Labute approximate surface area is 112 Å². The number of hydrogen-bond donors (Lipinski definition) is 0. The molecule has 0 spiro atoms.